The van der Waals surface area contributed by atoms with Crippen LogP contribution in [0.4, 0.5) is 0 Å². The van der Waals surface area contributed by atoms with E-state index in [1.807, 2.05) is 0 Å². The standard InChI is InChI=1S/C6H12O6S/c1-13(9,10)12-5-4-11-3-2-6(7)8/h2-5H2,1H3,(H,7,8). The van der Waals surface area contributed by atoms with Gasteiger partial charge in [0.2, 0.25) is 0 Å². The van der Waals surface area contributed by atoms with Crippen molar-refractivity contribution in [3.05, 3.63) is 0 Å². The maximum atomic E-state index is 10.4. The molecule has 0 aliphatic carbocycles. The summed E-state index contributed by atoms with van der Waals surface area (Å²) in [5, 5.41) is 8.19. The van der Waals surface area contributed by atoms with Gasteiger partial charge in [-0.2, -0.15) is 8.42 Å². The summed E-state index contributed by atoms with van der Waals surface area (Å²) in [6.45, 7) is 0.0429. The van der Waals surface area contributed by atoms with E-state index in [2.05, 4.69) is 4.18 Å². The maximum Gasteiger partial charge on any atom is 0.305 e. The molecule has 13 heavy (non-hydrogen) atoms. The van der Waals surface area contributed by atoms with Crippen LogP contribution in [0.25, 0.3) is 0 Å². The van der Waals surface area contributed by atoms with E-state index in [0.29, 0.717) is 0 Å². The predicted octanol–water partition coefficient (Wildman–Crippen LogP) is -0.546. The topological polar surface area (TPSA) is 89.9 Å². The summed E-state index contributed by atoms with van der Waals surface area (Å²) >= 11 is 0. The van der Waals surface area contributed by atoms with Gasteiger partial charge in [0, 0.05) is 0 Å². The SMILES string of the molecule is CS(=O)(=O)OCCOCCC(=O)O. The second-order valence-corrected chi connectivity index (χ2v) is 3.93. The molecule has 0 aliphatic heterocycles. The van der Waals surface area contributed by atoms with Crippen LogP contribution in [0, 0.1) is 0 Å². The third kappa shape index (κ3) is 11.3. The average molecular weight is 212 g/mol. The number of carboxylic acid groups (broad SMARTS) is 1. The van der Waals surface area contributed by atoms with E-state index in [0.717, 1.165) is 6.26 Å². The fourth-order valence-electron chi connectivity index (χ4n) is 0.506. The molecule has 0 aromatic carbocycles. The van der Waals surface area contributed by atoms with Crippen molar-refractivity contribution < 1.29 is 27.2 Å². The molecule has 0 rings (SSSR count). The molecule has 1 N–H and O–H groups in total. The minimum absolute atomic E-state index is 0.0580. The lowest BCUT2D eigenvalue weighted by atomic mass is 10.5. The Morgan fingerprint density at radius 2 is 1.92 bits per heavy atom. The minimum Gasteiger partial charge on any atom is -0.481 e. The molecule has 0 atom stereocenters. The van der Waals surface area contributed by atoms with Gasteiger partial charge in [0.15, 0.2) is 0 Å². The van der Waals surface area contributed by atoms with Crippen molar-refractivity contribution in [2.45, 2.75) is 6.42 Å². The van der Waals surface area contributed by atoms with Crippen LogP contribution in [-0.4, -0.2) is 45.6 Å². The first kappa shape index (κ1) is 12.3. The van der Waals surface area contributed by atoms with Crippen molar-refractivity contribution in [1.82, 2.24) is 0 Å². The zero-order chi connectivity index (χ0) is 10.3. The molecular weight excluding hydrogens is 200 g/mol. The molecule has 0 heterocycles. The largest absolute Gasteiger partial charge is 0.481 e. The number of carboxylic acids is 1. The molecule has 0 aromatic heterocycles. The van der Waals surface area contributed by atoms with Gasteiger partial charge in [0.05, 0.1) is 32.5 Å². The second-order valence-electron chi connectivity index (χ2n) is 2.28. The lowest BCUT2D eigenvalue weighted by Gasteiger charge is -2.01. The van der Waals surface area contributed by atoms with Crippen LogP contribution < -0.4 is 0 Å². The van der Waals surface area contributed by atoms with E-state index in [1.54, 1.807) is 0 Å². The van der Waals surface area contributed by atoms with Crippen molar-refractivity contribution in [2.24, 2.45) is 0 Å². The van der Waals surface area contributed by atoms with Crippen molar-refractivity contribution in [3.8, 4) is 0 Å². The number of aliphatic carboxylic acids is 1. The van der Waals surface area contributed by atoms with E-state index >= 15 is 0 Å². The van der Waals surface area contributed by atoms with Crippen LogP contribution in [0.2, 0.25) is 0 Å². The summed E-state index contributed by atoms with van der Waals surface area (Å²) in [7, 11) is -3.42. The zero-order valence-corrected chi connectivity index (χ0v) is 8.04. The molecule has 0 aromatic rings. The molecule has 78 valence electrons. The third-order valence-corrected chi connectivity index (χ3v) is 1.58. The maximum absolute atomic E-state index is 10.4. The van der Waals surface area contributed by atoms with Crippen LogP contribution >= 0.6 is 0 Å². The number of hydrogen-bond donors (Lipinski definition) is 1. The summed E-state index contributed by atoms with van der Waals surface area (Å²) in [5.41, 5.74) is 0. The molecule has 0 aliphatic rings. The molecule has 6 nitrogen and oxygen atoms in total. The fourth-order valence-corrected chi connectivity index (χ4v) is 0.877. The van der Waals surface area contributed by atoms with Gasteiger partial charge in [-0.05, 0) is 0 Å². The second kappa shape index (κ2) is 5.90. The highest BCUT2D eigenvalue weighted by Crippen LogP contribution is 1.88. The Bertz CT molecular complexity index is 244. The quantitative estimate of drug-likeness (QED) is 0.450. The Hall–Kier alpha value is -0.660. The molecule has 0 amide bonds. The number of rotatable bonds is 7. The van der Waals surface area contributed by atoms with Crippen LogP contribution in [0.15, 0.2) is 0 Å². The molecule has 0 unspecified atom stereocenters. The van der Waals surface area contributed by atoms with Crippen molar-refractivity contribution in [2.75, 3.05) is 26.1 Å². The predicted molar refractivity (Wildman–Crippen MR) is 43.9 cm³/mol. The molecule has 0 radical (unpaired) electrons. The van der Waals surface area contributed by atoms with Crippen molar-refractivity contribution in [3.63, 3.8) is 0 Å². The smallest absolute Gasteiger partial charge is 0.305 e. The lowest BCUT2D eigenvalue weighted by molar-refractivity contribution is -0.138. The third-order valence-electron chi connectivity index (χ3n) is 0.985. The molecule has 0 saturated heterocycles. The van der Waals surface area contributed by atoms with Gasteiger partial charge >= 0.3 is 5.97 Å². The zero-order valence-electron chi connectivity index (χ0n) is 7.23. The molecule has 0 bridgehead atoms. The highest BCUT2D eigenvalue weighted by atomic mass is 32.2. The Kier molecular flexibility index (Phi) is 5.60. The van der Waals surface area contributed by atoms with E-state index < -0.39 is 16.1 Å². The Balaban J connectivity index is 3.23. The van der Waals surface area contributed by atoms with Gasteiger partial charge in [-0.15, -0.1) is 0 Å². The normalized spacial score (nSPS) is 11.5. The average Bonchev–Trinajstić information content (AvgIpc) is 1.93. The van der Waals surface area contributed by atoms with Crippen LogP contribution in [-0.2, 0) is 23.8 Å². The monoisotopic (exact) mass is 212 g/mol. The van der Waals surface area contributed by atoms with Gasteiger partial charge in [0.1, 0.15) is 0 Å². The molecular formula is C6H12O6S. The van der Waals surface area contributed by atoms with Crippen LogP contribution in [0.3, 0.4) is 0 Å². The van der Waals surface area contributed by atoms with Gasteiger partial charge in [-0.25, -0.2) is 0 Å². The highest BCUT2D eigenvalue weighted by Gasteiger charge is 2.01. The summed E-state index contributed by atoms with van der Waals surface area (Å²) in [4.78, 5) is 9.98. The first-order valence-electron chi connectivity index (χ1n) is 3.56. The van der Waals surface area contributed by atoms with E-state index in [9.17, 15) is 13.2 Å². The highest BCUT2D eigenvalue weighted by molar-refractivity contribution is 7.85. The van der Waals surface area contributed by atoms with Crippen LogP contribution in [0.5, 0.6) is 0 Å². The summed E-state index contributed by atoms with van der Waals surface area (Å²) in [6.07, 6.45) is 0.836. The van der Waals surface area contributed by atoms with Gasteiger partial charge < -0.3 is 9.84 Å². The first-order valence-corrected chi connectivity index (χ1v) is 5.37. The summed E-state index contributed by atoms with van der Waals surface area (Å²) in [5.74, 6) is -0.955. The number of carbonyl (C=O) groups is 1. The summed E-state index contributed by atoms with van der Waals surface area (Å²) < 4.78 is 29.9. The molecule has 7 heteroatoms. The summed E-state index contributed by atoms with van der Waals surface area (Å²) in [6, 6.07) is 0. The number of ether oxygens (including phenoxy) is 1. The fraction of sp³-hybridized carbons (Fsp3) is 0.833. The molecule has 0 saturated carbocycles. The molecule has 0 fully saturated rings. The molecule has 0 spiro atoms. The van der Waals surface area contributed by atoms with E-state index in [4.69, 9.17) is 9.84 Å². The van der Waals surface area contributed by atoms with Gasteiger partial charge in [-0.3, -0.25) is 8.98 Å². The number of hydrogen-bond acceptors (Lipinski definition) is 5. The van der Waals surface area contributed by atoms with Gasteiger partial charge in [0.25, 0.3) is 10.1 Å². The van der Waals surface area contributed by atoms with Crippen molar-refractivity contribution >= 4 is 16.1 Å². The van der Waals surface area contributed by atoms with Crippen molar-refractivity contribution in [1.29, 1.82) is 0 Å². The van der Waals surface area contributed by atoms with E-state index in [1.165, 1.54) is 0 Å². The van der Waals surface area contributed by atoms with Crippen LogP contribution in [0.1, 0.15) is 6.42 Å². The van der Waals surface area contributed by atoms with E-state index in [-0.39, 0.29) is 26.2 Å². The Morgan fingerprint density at radius 1 is 1.31 bits per heavy atom. The minimum atomic E-state index is -3.42. The Morgan fingerprint density at radius 3 is 2.38 bits per heavy atom. The lowest BCUT2D eigenvalue weighted by Crippen LogP contribution is -2.11. The van der Waals surface area contributed by atoms with Gasteiger partial charge in [-0.1, -0.05) is 0 Å². The first-order chi connectivity index (χ1) is 5.92. The Labute approximate surface area is 76.6 Å².